The maximum absolute atomic E-state index is 11.2. The minimum atomic E-state index is -0.727. The van der Waals surface area contributed by atoms with Crippen LogP contribution in [-0.2, 0) is 4.79 Å². The summed E-state index contributed by atoms with van der Waals surface area (Å²) in [5.41, 5.74) is 1.76. The lowest BCUT2D eigenvalue weighted by Gasteiger charge is -2.38. The monoisotopic (exact) mass is 262 g/mol. The number of fused-ring (bicyclic) bond motifs is 1. The van der Waals surface area contributed by atoms with Gasteiger partial charge in [0.25, 0.3) is 0 Å². The normalized spacial score (nSPS) is 15.3. The van der Waals surface area contributed by atoms with Crippen molar-refractivity contribution in [2.24, 2.45) is 5.41 Å². The predicted octanol–water partition coefficient (Wildman–Crippen LogP) is 2.44. The molecule has 0 spiro atoms. The third-order valence-corrected chi connectivity index (χ3v) is 3.92. The molecule has 0 saturated heterocycles. The molecule has 0 radical (unpaired) electrons. The van der Waals surface area contributed by atoms with Crippen LogP contribution in [0.4, 0.5) is 11.4 Å². The summed E-state index contributed by atoms with van der Waals surface area (Å²) in [4.78, 5) is 15.7. The van der Waals surface area contributed by atoms with Gasteiger partial charge in [-0.1, -0.05) is 12.1 Å². The number of aliphatic carboxylic acids is 1. The molecule has 4 heteroatoms. The molecule has 1 aromatic rings. The first-order chi connectivity index (χ1) is 8.92. The Morgan fingerprint density at radius 3 is 2.53 bits per heavy atom. The first-order valence-electron chi connectivity index (χ1n) is 6.70. The molecule has 0 fully saturated rings. The highest BCUT2D eigenvalue weighted by molar-refractivity contribution is 5.75. The molecule has 0 atom stereocenters. The number of rotatable bonds is 4. The Morgan fingerprint density at radius 2 is 1.89 bits per heavy atom. The number of hydrogen-bond donors (Lipinski definition) is 1. The van der Waals surface area contributed by atoms with E-state index in [1.807, 2.05) is 12.1 Å². The molecule has 0 aromatic heterocycles. The van der Waals surface area contributed by atoms with Gasteiger partial charge >= 0.3 is 5.97 Å². The van der Waals surface area contributed by atoms with Gasteiger partial charge in [-0.3, -0.25) is 4.79 Å². The third kappa shape index (κ3) is 2.83. The van der Waals surface area contributed by atoms with Crippen LogP contribution >= 0.6 is 0 Å². The number of likely N-dealkylation sites (N-methyl/N-ethyl adjacent to an activating group) is 1. The summed E-state index contributed by atoms with van der Waals surface area (Å²) < 4.78 is 0. The molecule has 0 aliphatic carbocycles. The van der Waals surface area contributed by atoms with Crippen LogP contribution in [0.25, 0.3) is 0 Å². The maximum atomic E-state index is 11.2. The number of anilines is 2. The van der Waals surface area contributed by atoms with Gasteiger partial charge in [-0.05, 0) is 32.4 Å². The predicted molar refractivity (Wildman–Crippen MR) is 78.0 cm³/mol. The Hall–Kier alpha value is -1.71. The maximum Gasteiger partial charge on any atom is 0.309 e. The molecular weight excluding hydrogens is 240 g/mol. The van der Waals surface area contributed by atoms with Gasteiger partial charge in [-0.15, -0.1) is 0 Å². The second-order valence-electron chi connectivity index (χ2n) is 5.84. The van der Waals surface area contributed by atoms with E-state index in [0.29, 0.717) is 6.42 Å². The van der Waals surface area contributed by atoms with Crippen LogP contribution < -0.4 is 9.80 Å². The van der Waals surface area contributed by atoms with Crippen molar-refractivity contribution in [2.75, 3.05) is 36.5 Å². The summed E-state index contributed by atoms with van der Waals surface area (Å²) in [6.07, 6.45) is 0.653. The molecule has 0 saturated carbocycles. The Bertz CT molecular complexity index is 471. The van der Waals surface area contributed by atoms with Crippen LogP contribution in [0, 0.1) is 5.41 Å². The molecule has 1 aliphatic rings. The Kier molecular flexibility index (Phi) is 3.69. The average Bonchev–Trinajstić information content (AvgIpc) is 2.38. The minimum Gasteiger partial charge on any atom is -0.481 e. The molecule has 0 amide bonds. The Balaban J connectivity index is 2.11. The second-order valence-corrected chi connectivity index (χ2v) is 5.84. The molecule has 2 rings (SSSR count). The molecule has 1 aliphatic heterocycles. The number of carboxylic acids is 1. The highest BCUT2D eigenvalue weighted by Crippen LogP contribution is 2.33. The van der Waals surface area contributed by atoms with Crippen molar-refractivity contribution < 1.29 is 9.90 Å². The zero-order valence-electron chi connectivity index (χ0n) is 11.9. The van der Waals surface area contributed by atoms with Crippen molar-refractivity contribution >= 4 is 17.3 Å². The number of hydrogen-bond acceptors (Lipinski definition) is 3. The SMILES string of the molecule is CN1CCN(CCC(C)(C)C(=O)O)c2ccccc21. The summed E-state index contributed by atoms with van der Waals surface area (Å²) >= 11 is 0. The van der Waals surface area contributed by atoms with Crippen LogP contribution in [0.1, 0.15) is 20.3 Å². The van der Waals surface area contributed by atoms with Gasteiger partial charge in [0.05, 0.1) is 16.8 Å². The van der Waals surface area contributed by atoms with Crippen LogP contribution in [-0.4, -0.2) is 37.8 Å². The fourth-order valence-corrected chi connectivity index (χ4v) is 2.32. The fourth-order valence-electron chi connectivity index (χ4n) is 2.32. The van der Waals surface area contributed by atoms with Crippen molar-refractivity contribution in [3.8, 4) is 0 Å². The summed E-state index contributed by atoms with van der Waals surface area (Å²) in [5.74, 6) is -0.727. The number of nitrogens with zero attached hydrogens (tertiary/aromatic N) is 2. The van der Waals surface area contributed by atoms with E-state index < -0.39 is 11.4 Å². The van der Waals surface area contributed by atoms with E-state index >= 15 is 0 Å². The highest BCUT2D eigenvalue weighted by atomic mass is 16.4. The van der Waals surface area contributed by atoms with E-state index in [1.165, 1.54) is 11.4 Å². The van der Waals surface area contributed by atoms with E-state index in [9.17, 15) is 9.90 Å². The second kappa shape index (κ2) is 5.11. The molecule has 1 heterocycles. The smallest absolute Gasteiger partial charge is 0.309 e. The summed E-state index contributed by atoms with van der Waals surface area (Å²) in [7, 11) is 2.09. The minimum absolute atomic E-state index is 0.653. The molecule has 1 aromatic carbocycles. The van der Waals surface area contributed by atoms with E-state index in [2.05, 4.69) is 29.0 Å². The number of benzene rings is 1. The van der Waals surface area contributed by atoms with Gasteiger partial charge in [0.15, 0.2) is 0 Å². The lowest BCUT2D eigenvalue weighted by molar-refractivity contribution is -0.147. The van der Waals surface area contributed by atoms with Gasteiger partial charge in [0, 0.05) is 26.7 Å². The molecule has 1 N–H and O–H groups in total. The van der Waals surface area contributed by atoms with Crippen LogP contribution in [0.3, 0.4) is 0 Å². The van der Waals surface area contributed by atoms with E-state index in [4.69, 9.17) is 0 Å². The summed E-state index contributed by atoms with van der Waals surface area (Å²) in [6, 6.07) is 8.30. The van der Waals surface area contributed by atoms with E-state index in [1.54, 1.807) is 13.8 Å². The molecule has 19 heavy (non-hydrogen) atoms. The van der Waals surface area contributed by atoms with Crippen molar-refractivity contribution in [3.05, 3.63) is 24.3 Å². The van der Waals surface area contributed by atoms with Crippen LogP contribution in [0.15, 0.2) is 24.3 Å². The van der Waals surface area contributed by atoms with E-state index in [0.717, 1.165) is 19.6 Å². The molecule has 4 nitrogen and oxygen atoms in total. The number of carbonyl (C=O) groups is 1. The molecule has 0 bridgehead atoms. The topological polar surface area (TPSA) is 43.8 Å². The highest BCUT2D eigenvalue weighted by Gasteiger charge is 2.29. The van der Waals surface area contributed by atoms with E-state index in [-0.39, 0.29) is 0 Å². The average molecular weight is 262 g/mol. The Morgan fingerprint density at radius 1 is 1.26 bits per heavy atom. The van der Waals surface area contributed by atoms with Gasteiger partial charge in [-0.25, -0.2) is 0 Å². The number of carboxylic acid groups (broad SMARTS) is 1. The zero-order valence-corrected chi connectivity index (χ0v) is 11.9. The molecule has 104 valence electrons. The first kappa shape index (κ1) is 13.7. The Labute approximate surface area is 114 Å². The summed E-state index contributed by atoms with van der Waals surface area (Å²) in [6.45, 7) is 6.28. The van der Waals surface area contributed by atoms with Gasteiger partial charge < -0.3 is 14.9 Å². The van der Waals surface area contributed by atoms with Crippen LogP contribution in [0.2, 0.25) is 0 Å². The quantitative estimate of drug-likeness (QED) is 0.905. The first-order valence-corrected chi connectivity index (χ1v) is 6.70. The van der Waals surface area contributed by atoms with Crippen molar-refractivity contribution in [1.82, 2.24) is 0 Å². The largest absolute Gasteiger partial charge is 0.481 e. The zero-order chi connectivity index (χ0) is 14.0. The third-order valence-electron chi connectivity index (χ3n) is 3.92. The van der Waals surface area contributed by atoms with Crippen LogP contribution in [0.5, 0.6) is 0 Å². The molecular formula is C15H22N2O2. The molecule has 0 unspecified atom stereocenters. The standard InChI is InChI=1S/C15H22N2O2/c1-15(2,14(18)19)8-9-17-11-10-16(3)12-6-4-5-7-13(12)17/h4-7H,8-11H2,1-3H3,(H,18,19). The lowest BCUT2D eigenvalue weighted by atomic mass is 9.89. The van der Waals surface area contributed by atoms with Gasteiger partial charge in [-0.2, -0.15) is 0 Å². The lowest BCUT2D eigenvalue weighted by Crippen LogP contribution is -2.41. The van der Waals surface area contributed by atoms with Crippen molar-refractivity contribution in [3.63, 3.8) is 0 Å². The van der Waals surface area contributed by atoms with Crippen molar-refractivity contribution in [2.45, 2.75) is 20.3 Å². The summed E-state index contributed by atoms with van der Waals surface area (Å²) in [5, 5.41) is 9.18. The fraction of sp³-hybridized carbons (Fsp3) is 0.533. The number of para-hydroxylation sites is 2. The van der Waals surface area contributed by atoms with Gasteiger partial charge in [0.1, 0.15) is 0 Å². The van der Waals surface area contributed by atoms with Crippen molar-refractivity contribution in [1.29, 1.82) is 0 Å². The van der Waals surface area contributed by atoms with Gasteiger partial charge in [0.2, 0.25) is 0 Å².